The van der Waals surface area contributed by atoms with Crippen LogP contribution in [-0.4, -0.2) is 39.2 Å². The minimum absolute atomic E-state index is 0.305. The van der Waals surface area contributed by atoms with Gasteiger partial charge >= 0.3 is 0 Å². The fourth-order valence-corrected chi connectivity index (χ4v) is 2.42. The average Bonchev–Trinajstić information content (AvgIpc) is 3.12. The largest absolute Gasteiger partial charge is 0.504 e. The van der Waals surface area contributed by atoms with E-state index in [-0.39, 0.29) is 11.3 Å². The van der Waals surface area contributed by atoms with E-state index in [1.807, 2.05) is 10.9 Å². The number of hydrogen-bond acceptors (Lipinski definition) is 5. The van der Waals surface area contributed by atoms with E-state index in [0.717, 1.165) is 12.1 Å². The minimum Gasteiger partial charge on any atom is -0.504 e. The molecule has 30 heavy (non-hydrogen) atoms. The number of hydrazine groups is 1. The Labute approximate surface area is 168 Å². The van der Waals surface area contributed by atoms with Crippen molar-refractivity contribution in [2.45, 2.75) is 0 Å². The number of hydrogen-bond donors (Lipinski definition) is 4. The summed E-state index contributed by atoms with van der Waals surface area (Å²) in [5.41, 5.74) is 4.03. The second-order valence-corrected chi connectivity index (χ2v) is 5.99. The molecule has 3 amide bonds. The monoisotopic (exact) mass is 415 g/mol. The summed E-state index contributed by atoms with van der Waals surface area (Å²) < 4.78 is 27.5. The third-order valence-electron chi connectivity index (χ3n) is 3.78. The molecule has 0 aliphatic carbocycles. The van der Waals surface area contributed by atoms with E-state index < -0.39 is 41.7 Å². The van der Waals surface area contributed by atoms with E-state index in [2.05, 4.69) is 10.4 Å². The van der Waals surface area contributed by atoms with Crippen LogP contribution >= 0.6 is 0 Å². The van der Waals surface area contributed by atoms with Crippen LogP contribution in [0.4, 0.5) is 8.78 Å². The third-order valence-corrected chi connectivity index (χ3v) is 3.78. The van der Waals surface area contributed by atoms with Crippen molar-refractivity contribution in [2.24, 2.45) is 0 Å². The number of benzene rings is 2. The molecule has 0 radical (unpaired) electrons. The lowest BCUT2D eigenvalue weighted by atomic mass is 10.2. The summed E-state index contributed by atoms with van der Waals surface area (Å²) >= 11 is 0. The SMILES string of the molecule is O=C(CNC(=O)c1cc(F)cc(F)c1)NNC(=O)c1nn(-c2ccccc2)cc1O. The van der Waals surface area contributed by atoms with Crippen molar-refractivity contribution in [3.63, 3.8) is 0 Å². The van der Waals surface area contributed by atoms with Crippen molar-refractivity contribution in [2.75, 3.05) is 6.54 Å². The smallest absolute Gasteiger partial charge is 0.294 e. The molecular weight excluding hydrogens is 400 g/mol. The first-order valence-electron chi connectivity index (χ1n) is 8.51. The van der Waals surface area contributed by atoms with Crippen molar-refractivity contribution in [3.05, 3.63) is 77.6 Å². The molecule has 3 aromatic rings. The first-order chi connectivity index (χ1) is 14.3. The second-order valence-electron chi connectivity index (χ2n) is 5.99. The predicted molar refractivity (Wildman–Crippen MR) is 99.5 cm³/mol. The number of nitrogens with one attached hydrogen (secondary N) is 3. The summed E-state index contributed by atoms with van der Waals surface area (Å²) in [6, 6.07) is 10.9. The molecule has 154 valence electrons. The molecule has 9 nitrogen and oxygen atoms in total. The average molecular weight is 415 g/mol. The number of para-hydroxylation sites is 1. The first-order valence-corrected chi connectivity index (χ1v) is 8.51. The van der Waals surface area contributed by atoms with Gasteiger partial charge in [-0.1, -0.05) is 18.2 Å². The predicted octanol–water partition coefficient (Wildman–Crippen LogP) is 1.05. The van der Waals surface area contributed by atoms with Gasteiger partial charge in [0.05, 0.1) is 18.4 Å². The number of carbonyl (C=O) groups excluding carboxylic acids is 3. The van der Waals surface area contributed by atoms with Crippen LogP contribution in [0, 0.1) is 11.6 Å². The second kappa shape index (κ2) is 8.82. The Hall–Kier alpha value is -4.28. The van der Waals surface area contributed by atoms with Gasteiger partial charge in [-0.25, -0.2) is 13.5 Å². The van der Waals surface area contributed by atoms with Gasteiger partial charge in [0.1, 0.15) is 11.6 Å². The van der Waals surface area contributed by atoms with Crippen LogP contribution in [0.2, 0.25) is 0 Å². The van der Waals surface area contributed by atoms with Crippen LogP contribution in [0.15, 0.2) is 54.7 Å². The van der Waals surface area contributed by atoms with Gasteiger partial charge in [0.25, 0.3) is 17.7 Å². The zero-order chi connectivity index (χ0) is 21.7. The highest BCUT2D eigenvalue weighted by Crippen LogP contribution is 2.17. The van der Waals surface area contributed by atoms with Crippen molar-refractivity contribution in [1.82, 2.24) is 25.9 Å². The van der Waals surface area contributed by atoms with Crippen LogP contribution in [0.1, 0.15) is 20.8 Å². The summed E-state index contributed by atoms with van der Waals surface area (Å²) in [5, 5.41) is 16.0. The standard InChI is InChI=1S/C19H15F2N5O4/c20-12-6-11(7-13(21)8-12)18(29)22-9-16(28)23-24-19(30)17-15(27)10-26(25-17)14-4-2-1-3-5-14/h1-8,10,27H,9H2,(H,22,29)(H,23,28)(H,24,30). The summed E-state index contributed by atoms with van der Waals surface area (Å²) in [4.78, 5) is 35.7. The number of amides is 3. The maximum absolute atomic E-state index is 13.1. The van der Waals surface area contributed by atoms with Gasteiger partial charge in [-0.05, 0) is 24.3 Å². The molecule has 0 aliphatic heterocycles. The molecule has 1 aromatic heterocycles. The van der Waals surface area contributed by atoms with Gasteiger partial charge in [0, 0.05) is 11.6 Å². The summed E-state index contributed by atoms with van der Waals surface area (Å²) in [5.74, 6) is -4.89. The van der Waals surface area contributed by atoms with Crippen LogP contribution < -0.4 is 16.2 Å². The highest BCUT2D eigenvalue weighted by molar-refractivity contribution is 5.98. The van der Waals surface area contributed by atoms with Crippen molar-refractivity contribution >= 4 is 17.7 Å². The lowest BCUT2D eigenvalue weighted by Crippen LogP contribution is -2.46. The Morgan fingerprint density at radius 3 is 2.30 bits per heavy atom. The Balaban J connectivity index is 1.53. The van der Waals surface area contributed by atoms with E-state index >= 15 is 0 Å². The molecule has 0 spiro atoms. The Morgan fingerprint density at radius 2 is 1.63 bits per heavy atom. The quantitative estimate of drug-likeness (QED) is 0.464. The molecule has 0 atom stereocenters. The Morgan fingerprint density at radius 1 is 0.967 bits per heavy atom. The molecule has 0 saturated carbocycles. The molecule has 0 saturated heterocycles. The number of carbonyl (C=O) groups is 3. The fourth-order valence-electron chi connectivity index (χ4n) is 2.42. The molecular formula is C19H15F2N5O4. The van der Waals surface area contributed by atoms with E-state index in [4.69, 9.17) is 0 Å². The van der Waals surface area contributed by atoms with Gasteiger partial charge in [-0.2, -0.15) is 5.10 Å². The molecule has 3 rings (SSSR count). The van der Waals surface area contributed by atoms with Crippen molar-refractivity contribution in [1.29, 1.82) is 0 Å². The molecule has 0 fully saturated rings. The van der Waals surface area contributed by atoms with Crippen LogP contribution in [0.3, 0.4) is 0 Å². The number of aromatic hydroxyl groups is 1. The zero-order valence-corrected chi connectivity index (χ0v) is 15.2. The highest BCUT2D eigenvalue weighted by atomic mass is 19.1. The molecule has 11 heteroatoms. The normalized spacial score (nSPS) is 10.3. The van der Waals surface area contributed by atoms with Crippen molar-refractivity contribution < 1.29 is 28.3 Å². The van der Waals surface area contributed by atoms with Crippen LogP contribution in [-0.2, 0) is 4.79 Å². The summed E-state index contributed by atoms with van der Waals surface area (Å²) in [6.45, 7) is -0.582. The Kier molecular flexibility index (Phi) is 6.01. The van der Waals surface area contributed by atoms with Crippen molar-refractivity contribution in [3.8, 4) is 11.4 Å². The van der Waals surface area contributed by atoms with E-state index in [9.17, 15) is 28.3 Å². The van der Waals surface area contributed by atoms with Crippen LogP contribution in [0.25, 0.3) is 5.69 Å². The third kappa shape index (κ3) is 4.95. The fraction of sp³-hybridized carbons (Fsp3) is 0.0526. The molecule has 0 bridgehead atoms. The number of halogens is 2. The summed E-state index contributed by atoms with van der Waals surface area (Å²) in [7, 11) is 0. The lowest BCUT2D eigenvalue weighted by Gasteiger charge is -2.08. The van der Waals surface area contributed by atoms with Gasteiger partial charge in [0.15, 0.2) is 11.4 Å². The maximum atomic E-state index is 13.1. The number of nitrogens with zero attached hydrogens (tertiary/aromatic N) is 2. The molecule has 4 N–H and O–H groups in total. The maximum Gasteiger partial charge on any atom is 0.294 e. The summed E-state index contributed by atoms with van der Waals surface area (Å²) in [6.07, 6.45) is 1.23. The lowest BCUT2D eigenvalue weighted by molar-refractivity contribution is -0.120. The number of rotatable bonds is 5. The molecule has 2 aromatic carbocycles. The van der Waals surface area contributed by atoms with Gasteiger partial charge in [0.2, 0.25) is 0 Å². The molecule has 1 heterocycles. The van der Waals surface area contributed by atoms with E-state index in [0.29, 0.717) is 11.8 Å². The minimum atomic E-state index is -0.938. The molecule has 0 unspecified atom stereocenters. The number of aromatic nitrogens is 2. The van der Waals surface area contributed by atoms with Gasteiger partial charge < -0.3 is 10.4 Å². The van der Waals surface area contributed by atoms with Gasteiger partial charge in [-0.3, -0.25) is 25.2 Å². The van der Waals surface area contributed by atoms with Gasteiger partial charge in [-0.15, -0.1) is 0 Å². The Bertz CT molecular complexity index is 1080. The van der Waals surface area contributed by atoms with E-state index in [1.54, 1.807) is 30.3 Å². The highest BCUT2D eigenvalue weighted by Gasteiger charge is 2.18. The topological polar surface area (TPSA) is 125 Å². The first kappa shape index (κ1) is 20.5. The van der Waals surface area contributed by atoms with Crippen LogP contribution in [0.5, 0.6) is 5.75 Å². The zero-order valence-electron chi connectivity index (χ0n) is 15.2. The van der Waals surface area contributed by atoms with E-state index in [1.165, 1.54) is 10.9 Å². The molecule has 0 aliphatic rings.